The molecular weight excluding hydrogens is 755 g/mol. The summed E-state index contributed by atoms with van der Waals surface area (Å²) >= 11 is 0. The maximum Gasteiger partial charge on any atom is 0.472 e. The maximum atomic E-state index is 12.8. The first-order valence-electron chi connectivity index (χ1n) is 22.1. The summed E-state index contributed by atoms with van der Waals surface area (Å²) < 4.78 is 33.4. The van der Waals surface area contributed by atoms with E-state index in [2.05, 4.69) is 38.2 Å². The quantitative estimate of drug-likeness (QED) is 0.0153. The zero-order valence-electron chi connectivity index (χ0n) is 35.1. The van der Waals surface area contributed by atoms with Crippen LogP contribution in [-0.4, -0.2) is 98.3 Å². The summed E-state index contributed by atoms with van der Waals surface area (Å²) in [6.07, 6.45) is 22.4. The normalized spacial score (nSPS) is 22.9. The number of ether oxygens (including phenoxy) is 2. The summed E-state index contributed by atoms with van der Waals surface area (Å²) in [6.45, 7) is 3.25. The molecule has 14 heteroatoms. The van der Waals surface area contributed by atoms with Crippen LogP contribution in [0, 0.1) is 0 Å². The SMILES string of the molecule is CCCCCCC=CCCCCCCCC(=O)OC[C@H](COP(=O)(O)OC1C(O)C(O)C(O)[C@@H](O)C1O)OC(=O)CCCCCCCC=CCCCCCCCC. The highest BCUT2D eigenvalue weighted by Gasteiger charge is 2.51. The third-order valence-electron chi connectivity index (χ3n) is 10.3. The summed E-state index contributed by atoms with van der Waals surface area (Å²) in [7, 11) is -5.12. The second-order valence-electron chi connectivity index (χ2n) is 15.5. The van der Waals surface area contributed by atoms with Crippen molar-refractivity contribution < 1.29 is 63.1 Å². The van der Waals surface area contributed by atoms with E-state index < -0.39 is 75.7 Å². The molecule has 1 fully saturated rings. The molecule has 6 N–H and O–H groups in total. The topological polar surface area (TPSA) is 210 Å². The first kappa shape index (κ1) is 53.3. The Kier molecular flexibility index (Phi) is 31.9. The van der Waals surface area contributed by atoms with Crippen LogP contribution < -0.4 is 0 Å². The monoisotopic (exact) mass is 835 g/mol. The zero-order valence-corrected chi connectivity index (χ0v) is 36.0. The van der Waals surface area contributed by atoms with Gasteiger partial charge >= 0.3 is 19.8 Å². The number of esters is 2. The zero-order chi connectivity index (χ0) is 42.2. The Labute approximate surface area is 343 Å². The summed E-state index contributed by atoms with van der Waals surface area (Å²) in [6, 6.07) is 0. The third kappa shape index (κ3) is 26.9. The molecule has 0 bridgehead atoms. The van der Waals surface area contributed by atoms with Crippen LogP contribution in [0.1, 0.15) is 181 Å². The fourth-order valence-corrected chi connectivity index (χ4v) is 7.60. The molecule has 1 saturated carbocycles. The van der Waals surface area contributed by atoms with Crippen molar-refractivity contribution in [3.05, 3.63) is 24.3 Å². The minimum absolute atomic E-state index is 0.0865. The van der Waals surface area contributed by atoms with Crippen LogP contribution in [0.4, 0.5) is 0 Å². The van der Waals surface area contributed by atoms with Gasteiger partial charge in [0, 0.05) is 12.8 Å². The summed E-state index contributed by atoms with van der Waals surface area (Å²) in [5.74, 6) is -1.12. The van der Waals surface area contributed by atoms with E-state index in [4.69, 9.17) is 18.5 Å². The van der Waals surface area contributed by atoms with Crippen molar-refractivity contribution in [3.8, 4) is 0 Å². The van der Waals surface area contributed by atoms with Gasteiger partial charge in [-0.05, 0) is 64.2 Å². The number of phosphoric ester groups is 1. The van der Waals surface area contributed by atoms with Crippen molar-refractivity contribution in [1.82, 2.24) is 0 Å². The molecule has 0 spiro atoms. The molecule has 0 radical (unpaired) electrons. The molecule has 0 saturated heterocycles. The van der Waals surface area contributed by atoms with Crippen LogP contribution in [0.2, 0.25) is 0 Å². The molecule has 334 valence electrons. The highest BCUT2D eigenvalue weighted by atomic mass is 31.2. The third-order valence-corrected chi connectivity index (χ3v) is 11.3. The molecular formula is C43H79O13P. The summed E-state index contributed by atoms with van der Waals surface area (Å²) in [4.78, 5) is 35.6. The smallest absolute Gasteiger partial charge is 0.462 e. The average molecular weight is 835 g/mol. The Morgan fingerprint density at radius 3 is 1.35 bits per heavy atom. The van der Waals surface area contributed by atoms with Gasteiger partial charge in [-0.3, -0.25) is 18.6 Å². The number of aliphatic hydroxyl groups excluding tert-OH is 5. The first-order chi connectivity index (χ1) is 27.4. The van der Waals surface area contributed by atoms with Crippen molar-refractivity contribution in [2.24, 2.45) is 0 Å². The van der Waals surface area contributed by atoms with Gasteiger partial charge in [0.05, 0.1) is 6.61 Å². The number of unbranched alkanes of at least 4 members (excludes halogenated alkanes) is 20. The van der Waals surface area contributed by atoms with Crippen molar-refractivity contribution in [3.63, 3.8) is 0 Å². The molecule has 6 unspecified atom stereocenters. The van der Waals surface area contributed by atoms with E-state index in [1.165, 1.54) is 64.2 Å². The molecule has 0 heterocycles. The minimum Gasteiger partial charge on any atom is -0.462 e. The summed E-state index contributed by atoms with van der Waals surface area (Å²) in [5.41, 5.74) is 0. The Hall–Kier alpha value is -1.67. The molecule has 13 nitrogen and oxygen atoms in total. The van der Waals surface area contributed by atoms with Gasteiger partial charge in [0.1, 0.15) is 43.2 Å². The van der Waals surface area contributed by atoms with Gasteiger partial charge in [0.2, 0.25) is 0 Å². The van der Waals surface area contributed by atoms with E-state index in [1.807, 2.05) is 0 Å². The standard InChI is InChI=1S/C43H79O13P/c1-3-5-7-9-11-13-15-17-18-20-22-24-26-28-30-32-37(45)55-35(34-54-57(51,52)56-43-41(49)39(47)38(46)40(48)42(43)50)33-53-36(44)31-29-27-25-23-21-19-16-14-12-10-8-6-4-2/h14,16-18,35,38-43,46-50H,3-13,15,19-34H2,1-2H3,(H,51,52)/t35-,38?,39-,40?,41?,42?,43?/m1/s1. The lowest BCUT2D eigenvalue weighted by Gasteiger charge is -2.41. The van der Waals surface area contributed by atoms with Gasteiger partial charge in [0.15, 0.2) is 6.10 Å². The lowest BCUT2D eigenvalue weighted by molar-refractivity contribution is -0.220. The molecule has 0 aliphatic heterocycles. The van der Waals surface area contributed by atoms with Crippen LogP contribution >= 0.6 is 7.82 Å². The Balaban J connectivity index is 2.50. The van der Waals surface area contributed by atoms with Crippen LogP contribution in [0.25, 0.3) is 0 Å². The lowest BCUT2D eigenvalue weighted by Crippen LogP contribution is -2.64. The van der Waals surface area contributed by atoms with Crippen LogP contribution in [-0.2, 0) is 32.7 Å². The van der Waals surface area contributed by atoms with Gasteiger partial charge in [-0.1, -0.05) is 128 Å². The summed E-state index contributed by atoms with van der Waals surface area (Å²) in [5, 5.41) is 50.1. The number of rotatable bonds is 36. The Morgan fingerprint density at radius 2 is 0.895 bits per heavy atom. The molecule has 0 aromatic carbocycles. The number of allylic oxidation sites excluding steroid dienone is 4. The number of hydrogen-bond acceptors (Lipinski definition) is 12. The van der Waals surface area contributed by atoms with E-state index in [0.717, 1.165) is 77.0 Å². The van der Waals surface area contributed by atoms with Gasteiger partial charge in [-0.15, -0.1) is 0 Å². The highest BCUT2D eigenvalue weighted by Crippen LogP contribution is 2.47. The number of carbonyl (C=O) groups is 2. The number of phosphoric acid groups is 1. The van der Waals surface area contributed by atoms with E-state index in [0.29, 0.717) is 12.8 Å². The van der Waals surface area contributed by atoms with Crippen molar-refractivity contribution >= 4 is 19.8 Å². The number of carbonyl (C=O) groups excluding carboxylic acids is 2. The molecule has 1 aliphatic carbocycles. The fourth-order valence-electron chi connectivity index (χ4n) is 6.63. The molecule has 8 atom stereocenters. The first-order valence-corrected chi connectivity index (χ1v) is 23.6. The molecule has 1 aliphatic rings. The van der Waals surface area contributed by atoms with Gasteiger partial charge in [0.25, 0.3) is 0 Å². The van der Waals surface area contributed by atoms with Crippen LogP contribution in [0.5, 0.6) is 0 Å². The molecule has 1 rings (SSSR count). The second-order valence-corrected chi connectivity index (χ2v) is 16.9. The highest BCUT2D eigenvalue weighted by molar-refractivity contribution is 7.47. The van der Waals surface area contributed by atoms with Gasteiger partial charge in [-0.25, -0.2) is 4.57 Å². The van der Waals surface area contributed by atoms with Crippen molar-refractivity contribution in [2.45, 2.75) is 224 Å². The molecule has 0 amide bonds. The molecule has 0 aromatic rings. The lowest BCUT2D eigenvalue weighted by atomic mass is 9.85. The Bertz CT molecular complexity index is 1100. The maximum absolute atomic E-state index is 12.8. The average Bonchev–Trinajstić information content (AvgIpc) is 3.19. The number of hydrogen-bond donors (Lipinski definition) is 6. The predicted molar refractivity (Wildman–Crippen MR) is 221 cm³/mol. The second kappa shape index (κ2) is 34.1. The van der Waals surface area contributed by atoms with Crippen molar-refractivity contribution in [2.75, 3.05) is 13.2 Å². The van der Waals surface area contributed by atoms with Crippen LogP contribution in [0.15, 0.2) is 24.3 Å². The number of aliphatic hydroxyl groups is 5. The predicted octanol–water partition coefficient (Wildman–Crippen LogP) is 8.06. The van der Waals surface area contributed by atoms with E-state index >= 15 is 0 Å². The fraction of sp³-hybridized carbons (Fsp3) is 0.860. The largest absolute Gasteiger partial charge is 0.472 e. The van der Waals surface area contributed by atoms with E-state index in [-0.39, 0.29) is 12.8 Å². The van der Waals surface area contributed by atoms with Crippen LogP contribution in [0.3, 0.4) is 0 Å². The van der Waals surface area contributed by atoms with Gasteiger partial charge < -0.3 is 39.9 Å². The Morgan fingerprint density at radius 1 is 0.526 bits per heavy atom. The molecule has 57 heavy (non-hydrogen) atoms. The van der Waals surface area contributed by atoms with Crippen molar-refractivity contribution in [1.29, 1.82) is 0 Å². The van der Waals surface area contributed by atoms with E-state index in [9.17, 15) is 44.6 Å². The van der Waals surface area contributed by atoms with E-state index in [1.54, 1.807) is 0 Å². The minimum atomic E-state index is -5.12. The molecule has 0 aromatic heterocycles. The van der Waals surface area contributed by atoms with Gasteiger partial charge in [-0.2, -0.15) is 0 Å².